The van der Waals surface area contributed by atoms with Crippen LogP contribution in [-0.2, 0) is 22.6 Å². The van der Waals surface area contributed by atoms with Gasteiger partial charge < -0.3 is 20.1 Å². The van der Waals surface area contributed by atoms with Gasteiger partial charge in [-0.25, -0.2) is 9.18 Å². The van der Waals surface area contributed by atoms with Crippen molar-refractivity contribution in [2.24, 2.45) is 0 Å². The van der Waals surface area contributed by atoms with Crippen LogP contribution in [0.1, 0.15) is 33.2 Å². The van der Waals surface area contributed by atoms with Gasteiger partial charge in [0.1, 0.15) is 11.6 Å². The number of cyclic esters (lactones) is 1. The molecule has 41 heavy (non-hydrogen) atoms. The molecule has 0 spiro atoms. The first-order valence-corrected chi connectivity index (χ1v) is 13.0. The highest BCUT2D eigenvalue weighted by molar-refractivity contribution is 6.04. The van der Waals surface area contributed by atoms with Crippen LogP contribution in [0.15, 0.2) is 103 Å². The highest BCUT2D eigenvalue weighted by Gasteiger charge is 2.47. The fourth-order valence-corrected chi connectivity index (χ4v) is 4.63. The predicted octanol–water partition coefficient (Wildman–Crippen LogP) is 5.47. The lowest BCUT2D eigenvalue weighted by Gasteiger charge is -2.24. The normalized spacial score (nSPS) is 16.1. The van der Waals surface area contributed by atoms with Crippen molar-refractivity contribution in [2.45, 2.75) is 25.2 Å². The molecule has 1 aliphatic rings. The molecule has 0 unspecified atom stereocenters. The monoisotopic (exact) mass is 553 g/mol. The molecule has 1 heterocycles. The standard InChI is InChI=1S/C32H28FN3O5/c1-40-27-9-5-8-22(18-27)20-36-28(31(38)34-19-21-6-3-2-4-7-21)29(41-32(36)39)23-12-16-26(17-13-23)35-30(37)24-10-14-25(33)15-11-24/h2-18,28-29H,19-20H2,1H3,(H,34,38)(H,35,37)/t28-,29-/m0/s1. The Kier molecular flexibility index (Phi) is 8.24. The zero-order valence-electron chi connectivity index (χ0n) is 22.3. The van der Waals surface area contributed by atoms with Gasteiger partial charge >= 0.3 is 6.09 Å². The van der Waals surface area contributed by atoms with Crippen LogP contribution >= 0.6 is 0 Å². The number of amides is 3. The van der Waals surface area contributed by atoms with E-state index in [1.807, 2.05) is 42.5 Å². The van der Waals surface area contributed by atoms with Crippen LogP contribution in [-0.4, -0.2) is 36.0 Å². The van der Waals surface area contributed by atoms with Crippen molar-refractivity contribution in [2.75, 3.05) is 12.4 Å². The van der Waals surface area contributed by atoms with Crippen molar-refractivity contribution in [3.63, 3.8) is 0 Å². The molecular formula is C32H28FN3O5. The molecule has 0 saturated carbocycles. The van der Waals surface area contributed by atoms with Gasteiger partial charge in [0.2, 0.25) is 5.91 Å². The first-order chi connectivity index (χ1) is 19.9. The van der Waals surface area contributed by atoms with E-state index < -0.39 is 30.0 Å². The first kappa shape index (κ1) is 27.4. The number of benzene rings is 4. The van der Waals surface area contributed by atoms with Gasteiger partial charge in [-0.2, -0.15) is 0 Å². The summed E-state index contributed by atoms with van der Waals surface area (Å²) in [6.07, 6.45) is -1.50. The summed E-state index contributed by atoms with van der Waals surface area (Å²) in [7, 11) is 1.56. The molecule has 8 nitrogen and oxygen atoms in total. The summed E-state index contributed by atoms with van der Waals surface area (Å²) < 4.78 is 24.3. The van der Waals surface area contributed by atoms with E-state index in [-0.39, 0.29) is 12.5 Å². The Labute approximate surface area is 236 Å². The number of halogens is 1. The number of nitrogens with one attached hydrogen (secondary N) is 2. The van der Waals surface area contributed by atoms with Gasteiger partial charge in [-0.15, -0.1) is 0 Å². The molecule has 208 valence electrons. The van der Waals surface area contributed by atoms with Gasteiger partial charge in [0.25, 0.3) is 5.91 Å². The number of carbonyl (C=O) groups excluding carboxylic acids is 3. The summed E-state index contributed by atoms with van der Waals surface area (Å²) in [4.78, 5) is 40.6. The average Bonchev–Trinajstić information content (AvgIpc) is 3.32. The molecular weight excluding hydrogens is 525 g/mol. The van der Waals surface area contributed by atoms with E-state index in [1.54, 1.807) is 43.5 Å². The minimum absolute atomic E-state index is 0.141. The summed E-state index contributed by atoms with van der Waals surface area (Å²) in [6.45, 7) is 0.431. The summed E-state index contributed by atoms with van der Waals surface area (Å²) in [5.74, 6) is -0.552. The van der Waals surface area contributed by atoms with Crippen LogP contribution in [0.2, 0.25) is 0 Å². The molecule has 9 heteroatoms. The van der Waals surface area contributed by atoms with Crippen LogP contribution in [0.25, 0.3) is 0 Å². The molecule has 3 amide bonds. The number of nitrogens with zero attached hydrogens (tertiary/aromatic N) is 1. The summed E-state index contributed by atoms with van der Waals surface area (Å²) in [5.41, 5.74) is 3.09. The predicted molar refractivity (Wildman–Crippen MR) is 151 cm³/mol. The third-order valence-electron chi connectivity index (χ3n) is 6.75. The van der Waals surface area contributed by atoms with E-state index in [0.717, 1.165) is 11.1 Å². The minimum Gasteiger partial charge on any atom is -0.497 e. The highest BCUT2D eigenvalue weighted by Crippen LogP contribution is 2.35. The Bertz CT molecular complexity index is 1530. The summed E-state index contributed by atoms with van der Waals surface area (Å²) >= 11 is 0. The Morgan fingerprint density at radius 2 is 1.61 bits per heavy atom. The molecule has 0 bridgehead atoms. The number of hydrogen-bond acceptors (Lipinski definition) is 5. The van der Waals surface area contributed by atoms with Gasteiger partial charge in [0.05, 0.1) is 13.7 Å². The number of carbonyl (C=O) groups is 3. The summed E-state index contributed by atoms with van der Waals surface area (Å²) in [6, 6.07) is 27.7. The maximum atomic E-state index is 13.6. The molecule has 0 aromatic heterocycles. The SMILES string of the molecule is COc1cccc(CN2C(=O)O[C@@H](c3ccc(NC(=O)c4ccc(F)cc4)cc3)[C@H]2C(=O)NCc2ccccc2)c1. The molecule has 4 aromatic rings. The van der Waals surface area contributed by atoms with Crippen molar-refractivity contribution in [3.05, 3.63) is 131 Å². The Morgan fingerprint density at radius 3 is 2.32 bits per heavy atom. The van der Waals surface area contributed by atoms with E-state index in [2.05, 4.69) is 10.6 Å². The molecule has 0 radical (unpaired) electrons. The summed E-state index contributed by atoms with van der Waals surface area (Å²) in [5, 5.41) is 5.70. The average molecular weight is 554 g/mol. The molecule has 4 aromatic carbocycles. The molecule has 5 rings (SSSR count). The van der Waals surface area contributed by atoms with Crippen LogP contribution < -0.4 is 15.4 Å². The lowest BCUT2D eigenvalue weighted by atomic mass is 10.00. The van der Waals surface area contributed by atoms with E-state index in [0.29, 0.717) is 29.1 Å². The Morgan fingerprint density at radius 1 is 0.902 bits per heavy atom. The van der Waals surface area contributed by atoms with Crippen LogP contribution in [0, 0.1) is 5.82 Å². The number of hydrogen-bond donors (Lipinski definition) is 2. The van der Waals surface area contributed by atoms with Crippen molar-refractivity contribution in [3.8, 4) is 5.75 Å². The van der Waals surface area contributed by atoms with Crippen molar-refractivity contribution >= 4 is 23.6 Å². The van der Waals surface area contributed by atoms with E-state index in [4.69, 9.17) is 9.47 Å². The zero-order valence-corrected chi connectivity index (χ0v) is 22.3. The zero-order chi connectivity index (χ0) is 28.8. The second-order valence-corrected chi connectivity index (χ2v) is 9.52. The van der Waals surface area contributed by atoms with Gasteiger partial charge in [0, 0.05) is 17.8 Å². The second kappa shape index (κ2) is 12.3. The topological polar surface area (TPSA) is 97.0 Å². The maximum absolute atomic E-state index is 13.6. The lowest BCUT2D eigenvalue weighted by Crippen LogP contribution is -2.46. The van der Waals surface area contributed by atoms with Gasteiger partial charge in [-0.3, -0.25) is 14.5 Å². The van der Waals surface area contributed by atoms with E-state index in [1.165, 1.54) is 29.2 Å². The third-order valence-corrected chi connectivity index (χ3v) is 6.75. The highest BCUT2D eigenvalue weighted by atomic mass is 19.1. The van der Waals surface area contributed by atoms with Crippen LogP contribution in [0.3, 0.4) is 0 Å². The van der Waals surface area contributed by atoms with Crippen LogP contribution in [0.5, 0.6) is 5.75 Å². The fraction of sp³-hybridized carbons (Fsp3) is 0.156. The minimum atomic E-state index is -0.947. The van der Waals surface area contributed by atoms with Crippen molar-refractivity contribution < 1.29 is 28.2 Å². The number of anilines is 1. The number of rotatable bonds is 9. The van der Waals surface area contributed by atoms with Crippen molar-refractivity contribution in [1.82, 2.24) is 10.2 Å². The van der Waals surface area contributed by atoms with Crippen LogP contribution in [0.4, 0.5) is 14.9 Å². The molecule has 1 fully saturated rings. The number of ether oxygens (including phenoxy) is 2. The van der Waals surface area contributed by atoms with Gasteiger partial charge in [0.15, 0.2) is 12.1 Å². The fourth-order valence-electron chi connectivity index (χ4n) is 4.63. The number of methoxy groups -OCH3 is 1. The second-order valence-electron chi connectivity index (χ2n) is 9.52. The Balaban J connectivity index is 1.36. The van der Waals surface area contributed by atoms with Gasteiger partial charge in [-0.05, 0) is 65.2 Å². The van der Waals surface area contributed by atoms with Gasteiger partial charge in [-0.1, -0.05) is 54.6 Å². The quantitative estimate of drug-likeness (QED) is 0.287. The first-order valence-electron chi connectivity index (χ1n) is 13.0. The largest absolute Gasteiger partial charge is 0.497 e. The molecule has 0 aliphatic carbocycles. The third kappa shape index (κ3) is 6.52. The van der Waals surface area contributed by atoms with E-state index >= 15 is 0 Å². The van der Waals surface area contributed by atoms with E-state index in [9.17, 15) is 18.8 Å². The maximum Gasteiger partial charge on any atom is 0.411 e. The molecule has 2 N–H and O–H groups in total. The van der Waals surface area contributed by atoms with Crippen molar-refractivity contribution in [1.29, 1.82) is 0 Å². The Hall–Kier alpha value is -5.18. The smallest absolute Gasteiger partial charge is 0.411 e. The lowest BCUT2D eigenvalue weighted by molar-refractivity contribution is -0.126. The molecule has 1 aliphatic heterocycles. The molecule has 1 saturated heterocycles. The molecule has 2 atom stereocenters.